The van der Waals surface area contributed by atoms with Crippen molar-refractivity contribution in [2.24, 2.45) is 0 Å². The van der Waals surface area contributed by atoms with E-state index in [1.807, 2.05) is 0 Å². The number of hydrogen-bond donors (Lipinski definition) is 2. The maximum absolute atomic E-state index is 10.3. The molecule has 0 spiro atoms. The molecule has 0 aliphatic heterocycles. The Kier molecular flexibility index (Phi) is 1.58. The van der Waals surface area contributed by atoms with Crippen molar-refractivity contribution >= 4 is 11.7 Å². The van der Waals surface area contributed by atoms with Crippen LogP contribution in [0.2, 0.25) is 0 Å². The molecule has 0 amide bonds. The molecule has 0 unspecified atom stereocenters. The van der Waals surface area contributed by atoms with E-state index in [0.717, 1.165) is 0 Å². The molecule has 10 heavy (non-hydrogen) atoms. The van der Waals surface area contributed by atoms with Crippen LogP contribution in [0, 0.1) is 11.8 Å². The second-order valence-electron chi connectivity index (χ2n) is 1.88. The van der Waals surface area contributed by atoms with Crippen molar-refractivity contribution in [3.8, 4) is 0 Å². The van der Waals surface area contributed by atoms with Gasteiger partial charge in [-0.1, -0.05) is 0 Å². The van der Waals surface area contributed by atoms with Crippen LogP contribution >= 0.6 is 0 Å². The van der Waals surface area contributed by atoms with Gasteiger partial charge in [0.1, 0.15) is 0 Å². The van der Waals surface area contributed by atoms with Crippen LogP contribution in [0.3, 0.4) is 0 Å². The minimum absolute atomic E-state index is 0.219. The van der Waals surface area contributed by atoms with Crippen molar-refractivity contribution in [3.63, 3.8) is 0 Å². The van der Waals surface area contributed by atoms with Gasteiger partial charge in [0.15, 0.2) is 11.3 Å². The number of aliphatic carboxylic acids is 1. The van der Waals surface area contributed by atoms with E-state index in [0.29, 0.717) is 5.71 Å². The van der Waals surface area contributed by atoms with Crippen molar-refractivity contribution in [3.05, 3.63) is 30.2 Å². The van der Waals surface area contributed by atoms with Crippen molar-refractivity contribution in [1.29, 1.82) is 5.41 Å². The molecule has 1 aliphatic rings. The lowest BCUT2D eigenvalue weighted by Crippen LogP contribution is -2.04. The summed E-state index contributed by atoms with van der Waals surface area (Å²) in [5.41, 5.74) is 0.543. The third-order valence-corrected chi connectivity index (χ3v) is 1.13. The van der Waals surface area contributed by atoms with Gasteiger partial charge in [-0.05, 0) is 0 Å². The highest BCUT2D eigenvalue weighted by Gasteiger charge is 2.15. The second kappa shape index (κ2) is 2.39. The van der Waals surface area contributed by atoms with Gasteiger partial charge in [-0.25, -0.2) is 4.79 Å². The lowest BCUT2D eigenvalue weighted by Gasteiger charge is -1.91. The molecule has 0 atom stereocenters. The van der Waals surface area contributed by atoms with Crippen LogP contribution in [0.1, 0.15) is 0 Å². The first-order valence-electron chi connectivity index (χ1n) is 2.75. The van der Waals surface area contributed by atoms with Crippen LogP contribution in [-0.4, -0.2) is 16.8 Å². The minimum Gasteiger partial charge on any atom is -0.468 e. The Balaban J connectivity index is 2.77. The van der Waals surface area contributed by atoms with Crippen molar-refractivity contribution < 1.29 is 9.90 Å². The molecule has 1 aliphatic carbocycles. The zero-order chi connectivity index (χ0) is 7.56. The van der Waals surface area contributed by atoms with Gasteiger partial charge >= 0.3 is 5.97 Å². The average molecular weight is 136 g/mol. The summed E-state index contributed by atoms with van der Waals surface area (Å²) in [6.45, 7) is 0. The fourth-order valence-corrected chi connectivity index (χ4v) is 0.613. The summed E-state index contributed by atoms with van der Waals surface area (Å²) >= 11 is 0. The highest BCUT2D eigenvalue weighted by Crippen LogP contribution is 2.05. The van der Waals surface area contributed by atoms with Crippen molar-refractivity contribution in [2.75, 3.05) is 0 Å². The van der Waals surface area contributed by atoms with E-state index < -0.39 is 5.97 Å². The van der Waals surface area contributed by atoms with Gasteiger partial charge in [0, 0.05) is 0 Å². The van der Waals surface area contributed by atoms with Gasteiger partial charge in [-0.15, -0.1) is 0 Å². The SMILES string of the molecule is N=C1C=CC(C(=O)O)=C[CH+]1. The molecule has 0 radical (unpaired) electrons. The third-order valence-electron chi connectivity index (χ3n) is 1.13. The Labute approximate surface area is 58.2 Å². The van der Waals surface area contributed by atoms with Gasteiger partial charge < -0.3 is 5.11 Å². The zero-order valence-electron chi connectivity index (χ0n) is 5.16. The normalized spacial score (nSPS) is 16.0. The maximum atomic E-state index is 10.3. The zero-order valence-corrected chi connectivity index (χ0v) is 5.16. The summed E-state index contributed by atoms with van der Waals surface area (Å²) in [7, 11) is 0. The van der Waals surface area contributed by atoms with Gasteiger partial charge in [0.25, 0.3) is 0 Å². The van der Waals surface area contributed by atoms with Crippen LogP contribution in [0.5, 0.6) is 0 Å². The largest absolute Gasteiger partial charge is 0.468 e. The Bertz CT molecular complexity index is 238. The van der Waals surface area contributed by atoms with E-state index in [4.69, 9.17) is 10.5 Å². The number of carboxylic acid groups (broad SMARTS) is 1. The Morgan fingerprint density at radius 3 is 2.70 bits per heavy atom. The standard InChI is InChI=1S/C7H5NO2/c8-6-3-1-5(2-4-6)7(9)10/h1-4,8H/p+1. The highest BCUT2D eigenvalue weighted by molar-refractivity contribution is 6.06. The lowest BCUT2D eigenvalue weighted by molar-refractivity contribution is -0.132. The number of allylic oxidation sites excluding steroid dienone is 2. The first kappa shape index (κ1) is 6.61. The molecular weight excluding hydrogens is 130 g/mol. The van der Waals surface area contributed by atoms with E-state index in [1.165, 1.54) is 24.6 Å². The molecule has 50 valence electrons. The molecule has 0 aromatic carbocycles. The molecule has 1 rings (SSSR count). The van der Waals surface area contributed by atoms with E-state index in [9.17, 15) is 4.79 Å². The minimum atomic E-state index is -0.958. The van der Waals surface area contributed by atoms with Crippen molar-refractivity contribution in [2.45, 2.75) is 0 Å². The Morgan fingerprint density at radius 1 is 1.60 bits per heavy atom. The number of carboxylic acids is 1. The van der Waals surface area contributed by atoms with E-state index >= 15 is 0 Å². The average Bonchev–Trinajstić information content (AvgIpc) is 1.88. The first-order valence-corrected chi connectivity index (χ1v) is 2.75. The summed E-state index contributed by atoms with van der Waals surface area (Å²) in [5, 5.41) is 15.5. The van der Waals surface area contributed by atoms with Gasteiger partial charge in [-0.2, -0.15) is 0 Å². The molecule has 2 N–H and O–H groups in total. The van der Waals surface area contributed by atoms with Crippen molar-refractivity contribution in [1.82, 2.24) is 0 Å². The van der Waals surface area contributed by atoms with E-state index in [-0.39, 0.29) is 5.57 Å². The quantitative estimate of drug-likeness (QED) is 0.523. The number of hydrogen-bond acceptors (Lipinski definition) is 2. The van der Waals surface area contributed by atoms with Crippen LogP contribution in [-0.2, 0) is 4.79 Å². The molecule has 0 heterocycles. The number of nitrogens with one attached hydrogen (secondary N) is 1. The maximum Gasteiger partial charge on any atom is 0.393 e. The van der Waals surface area contributed by atoms with Gasteiger partial charge in [0.05, 0.1) is 24.6 Å². The topological polar surface area (TPSA) is 61.2 Å². The summed E-state index contributed by atoms with van der Waals surface area (Å²) in [4.78, 5) is 10.3. The fraction of sp³-hybridized carbons (Fsp3) is 0. The lowest BCUT2D eigenvalue weighted by atomic mass is 10.1. The Hall–Kier alpha value is -1.51. The molecule has 0 bridgehead atoms. The highest BCUT2D eigenvalue weighted by atomic mass is 16.4. The molecule has 0 saturated carbocycles. The smallest absolute Gasteiger partial charge is 0.393 e. The fourth-order valence-electron chi connectivity index (χ4n) is 0.613. The molecular formula is C7H6NO2+. The van der Waals surface area contributed by atoms with Crippen LogP contribution in [0.15, 0.2) is 23.8 Å². The predicted octanol–water partition coefficient (Wildman–Crippen LogP) is 0.791. The number of rotatable bonds is 1. The molecule has 0 saturated heterocycles. The summed E-state index contributed by atoms with van der Waals surface area (Å²) in [6.07, 6.45) is 5.71. The summed E-state index contributed by atoms with van der Waals surface area (Å²) in [6, 6.07) is 0. The van der Waals surface area contributed by atoms with E-state index in [1.54, 1.807) is 0 Å². The molecule has 3 nitrogen and oxygen atoms in total. The second-order valence-corrected chi connectivity index (χ2v) is 1.88. The number of carbonyl (C=O) groups is 1. The summed E-state index contributed by atoms with van der Waals surface area (Å²) in [5.74, 6) is -0.958. The molecule has 0 aromatic rings. The van der Waals surface area contributed by atoms with E-state index in [2.05, 4.69) is 0 Å². The monoisotopic (exact) mass is 136 g/mol. The Morgan fingerprint density at radius 2 is 2.30 bits per heavy atom. The molecule has 0 fully saturated rings. The molecule has 3 heteroatoms. The van der Waals surface area contributed by atoms with Crippen LogP contribution < -0.4 is 0 Å². The van der Waals surface area contributed by atoms with Crippen LogP contribution in [0.4, 0.5) is 0 Å². The first-order chi connectivity index (χ1) is 4.70. The third kappa shape index (κ3) is 1.25. The van der Waals surface area contributed by atoms with Gasteiger partial charge in [-0.3, -0.25) is 5.41 Å². The van der Waals surface area contributed by atoms with Crippen LogP contribution in [0.25, 0.3) is 0 Å². The molecule has 0 aromatic heterocycles. The van der Waals surface area contributed by atoms with Gasteiger partial charge in [0.2, 0.25) is 0 Å². The summed E-state index contributed by atoms with van der Waals surface area (Å²) < 4.78 is 0. The predicted molar refractivity (Wildman–Crippen MR) is 36.9 cm³/mol.